The zero-order valence-corrected chi connectivity index (χ0v) is 8.08. The summed E-state index contributed by atoms with van der Waals surface area (Å²) in [5.74, 6) is 0. The highest BCUT2D eigenvalue weighted by molar-refractivity contribution is 7.97. The van der Waals surface area contributed by atoms with Crippen LogP contribution in [-0.2, 0) is 0 Å². The van der Waals surface area contributed by atoms with E-state index in [1.54, 1.807) is 23.9 Å². The molecule has 10 heavy (non-hydrogen) atoms. The summed E-state index contributed by atoms with van der Waals surface area (Å²) in [6, 6.07) is 0. The first kappa shape index (κ1) is 8.14. The summed E-state index contributed by atoms with van der Waals surface area (Å²) in [5, 5.41) is 0. The monoisotopic (exact) mass is 176 g/mol. The summed E-state index contributed by atoms with van der Waals surface area (Å²) < 4.78 is 4.44. The third-order valence-corrected chi connectivity index (χ3v) is 3.22. The summed E-state index contributed by atoms with van der Waals surface area (Å²) in [6.07, 6.45) is 8.87. The topological polar surface area (TPSA) is 6.48 Å². The van der Waals surface area contributed by atoms with Crippen LogP contribution in [-0.4, -0.2) is 27.3 Å². The first-order valence-corrected chi connectivity index (χ1v) is 5.49. The van der Waals surface area contributed by atoms with Crippen LogP contribution >= 0.6 is 23.9 Å². The molecule has 0 aromatic heterocycles. The van der Waals surface area contributed by atoms with Crippen LogP contribution < -0.4 is 0 Å². The molecule has 0 aromatic carbocycles. The van der Waals surface area contributed by atoms with E-state index in [-0.39, 0.29) is 0 Å². The Balaban J connectivity index is 2.49. The van der Waals surface area contributed by atoms with Gasteiger partial charge in [0.05, 0.1) is 0 Å². The Morgan fingerprint density at radius 3 is 1.70 bits per heavy atom. The van der Waals surface area contributed by atoms with Crippen LogP contribution in [0.1, 0.15) is 6.92 Å². The minimum absolute atomic E-state index is 0.491. The predicted octanol–water partition coefficient (Wildman–Crippen LogP) is 1.98. The van der Waals surface area contributed by atoms with Crippen LogP contribution in [0.5, 0.6) is 0 Å². The molecule has 4 heteroatoms. The van der Waals surface area contributed by atoms with Crippen molar-refractivity contribution in [2.75, 3.05) is 12.5 Å². The number of rotatable bonds is 2. The Bertz CT molecular complexity index is 124. The summed E-state index contributed by atoms with van der Waals surface area (Å²) in [6.45, 7) is 2.19. The van der Waals surface area contributed by atoms with Crippen LogP contribution in [0.2, 0.25) is 0 Å². The maximum absolute atomic E-state index is 2.22. The van der Waals surface area contributed by atoms with Gasteiger partial charge in [0, 0.05) is 24.9 Å². The molecule has 0 atom stereocenters. The van der Waals surface area contributed by atoms with Crippen LogP contribution in [0.4, 0.5) is 0 Å². The van der Waals surface area contributed by atoms with Gasteiger partial charge in [0.2, 0.25) is 0 Å². The van der Waals surface area contributed by atoms with Crippen molar-refractivity contribution in [1.82, 2.24) is 8.61 Å². The normalized spacial score (nSPS) is 19.1. The van der Waals surface area contributed by atoms with Gasteiger partial charge in [-0.05, 0) is 6.92 Å². The van der Waals surface area contributed by atoms with E-state index in [0.29, 0.717) is 6.17 Å². The molecule has 0 amide bonds. The molecule has 1 rings (SSSR count). The number of hydrogen-bond donors (Lipinski definition) is 0. The van der Waals surface area contributed by atoms with E-state index >= 15 is 0 Å². The van der Waals surface area contributed by atoms with E-state index < -0.39 is 0 Å². The molecule has 0 saturated carbocycles. The molecule has 0 spiro atoms. The lowest BCUT2D eigenvalue weighted by atomic mass is 10.6. The van der Waals surface area contributed by atoms with Gasteiger partial charge in [-0.1, -0.05) is 23.9 Å². The molecule has 0 fully saturated rings. The summed E-state index contributed by atoms with van der Waals surface area (Å²) >= 11 is 3.50. The van der Waals surface area contributed by atoms with E-state index in [1.807, 2.05) is 0 Å². The van der Waals surface area contributed by atoms with Gasteiger partial charge in [0.25, 0.3) is 0 Å². The molecule has 1 heterocycles. The Kier molecular flexibility index (Phi) is 2.80. The number of hydrogen-bond acceptors (Lipinski definition) is 4. The third kappa shape index (κ3) is 1.37. The van der Waals surface area contributed by atoms with E-state index in [0.717, 1.165) is 0 Å². The van der Waals surface area contributed by atoms with Crippen LogP contribution in [0.15, 0.2) is 12.4 Å². The first-order chi connectivity index (χ1) is 4.79. The first-order valence-electron chi connectivity index (χ1n) is 3.13. The Labute approximate surface area is 70.9 Å². The van der Waals surface area contributed by atoms with Crippen LogP contribution in [0.3, 0.4) is 0 Å². The predicted molar refractivity (Wildman–Crippen MR) is 49.3 cm³/mol. The largest absolute Gasteiger partial charge is 0.300 e. The molecule has 0 aromatic rings. The third-order valence-electron chi connectivity index (χ3n) is 1.52. The molecule has 1 aliphatic rings. The average molecular weight is 176 g/mol. The fourth-order valence-corrected chi connectivity index (χ4v) is 2.14. The smallest absolute Gasteiger partial charge is 0.118 e. The van der Waals surface area contributed by atoms with Gasteiger partial charge in [-0.2, -0.15) is 0 Å². The lowest BCUT2D eigenvalue weighted by Crippen LogP contribution is -2.26. The molecular weight excluding hydrogens is 164 g/mol. The highest BCUT2D eigenvalue weighted by Gasteiger charge is 2.19. The Morgan fingerprint density at radius 1 is 1.10 bits per heavy atom. The maximum Gasteiger partial charge on any atom is 0.118 e. The van der Waals surface area contributed by atoms with Crippen molar-refractivity contribution >= 4 is 23.9 Å². The van der Waals surface area contributed by atoms with Crippen molar-refractivity contribution in [1.29, 1.82) is 0 Å². The van der Waals surface area contributed by atoms with Crippen molar-refractivity contribution in [3.63, 3.8) is 0 Å². The van der Waals surface area contributed by atoms with E-state index in [9.17, 15) is 0 Å². The summed E-state index contributed by atoms with van der Waals surface area (Å²) in [4.78, 5) is 0. The van der Waals surface area contributed by atoms with Gasteiger partial charge in [0.15, 0.2) is 0 Å². The van der Waals surface area contributed by atoms with Crippen molar-refractivity contribution in [2.24, 2.45) is 0 Å². The van der Waals surface area contributed by atoms with Crippen molar-refractivity contribution in [3.05, 3.63) is 12.4 Å². The fraction of sp³-hybridized carbons (Fsp3) is 0.667. The highest BCUT2D eigenvalue weighted by atomic mass is 32.2. The SMILES string of the molecule is CSN1C=CN(SC)C1C. The summed E-state index contributed by atoms with van der Waals surface area (Å²) in [5.41, 5.74) is 0. The van der Waals surface area contributed by atoms with Crippen LogP contribution in [0.25, 0.3) is 0 Å². The summed E-state index contributed by atoms with van der Waals surface area (Å²) in [7, 11) is 0. The minimum atomic E-state index is 0.491. The Morgan fingerprint density at radius 2 is 1.50 bits per heavy atom. The molecule has 2 nitrogen and oxygen atoms in total. The molecule has 0 radical (unpaired) electrons. The van der Waals surface area contributed by atoms with Gasteiger partial charge >= 0.3 is 0 Å². The van der Waals surface area contributed by atoms with E-state index in [4.69, 9.17) is 0 Å². The van der Waals surface area contributed by atoms with Crippen molar-refractivity contribution in [2.45, 2.75) is 13.1 Å². The maximum atomic E-state index is 2.22. The van der Waals surface area contributed by atoms with E-state index in [2.05, 4.69) is 40.4 Å². The second kappa shape index (κ2) is 3.44. The van der Waals surface area contributed by atoms with Crippen molar-refractivity contribution < 1.29 is 0 Å². The van der Waals surface area contributed by atoms with Gasteiger partial charge in [-0.15, -0.1) is 0 Å². The number of nitrogens with zero attached hydrogens (tertiary/aromatic N) is 2. The second-order valence-corrected chi connectivity index (χ2v) is 3.59. The quantitative estimate of drug-likeness (QED) is 0.593. The fourth-order valence-electron chi connectivity index (χ4n) is 0.920. The van der Waals surface area contributed by atoms with Gasteiger partial charge in [-0.3, -0.25) is 8.61 Å². The van der Waals surface area contributed by atoms with Gasteiger partial charge in [-0.25, -0.2) is 0 Å². The molecule has 0 saturated heterocycles. The van der Waals surface area contributed by atoms with Gasteiger partial charge in [0.1, 0.15) is 6.17 Å². The second-order valence-electron chi connectivity index (χ2n) is 2.01. The molecule has 58 valence electrons. The zero-order valence-electron chi connectivity index (χ0n) is 6.44. The van der Waals surface area contributed by atoms with Gasteiger partial charge < -0.3 is 0 Å². The molecule has 0 N–H and O–H groups in total. The Hall–Kier alpha value is 0.0400. The molecule has 0 aliphatic carbocycles. The van der Waals surface area contributed by atoms with Crippen LogP contribution in [0, 0.1) is 0 Å². The minimum Gasteiger partial charge on any atom is -0.300 e. The molecule has 1 aliphatic heterocycles. The zero-order chi connectivity index (χ0) is 7.56. The molecular formula is C6H12N2S2. The van der Waals surface area contributed by atoms with Crippen molar-refractivity contribution in [3.8, 4) is 0 Å². The lowest BCUT2D eigenvalue weighted by Gasteiger charge is -2.25. The lowest BCUT2D eigenvalue weighted by molar-refractivity contribution is 0.374. The highest BCUT2D eigenvalue weighted by Crippen LogP contribution is 2.26. The van der Waals surface area contributed by atoms with E-state index in [1.165, 1.54) is 0 Å². The molecule has 0 bridgehead atoms. The molecule has 0 unspecified atom stereocenters. The average Bonchev–Trinajstić information content (AvgIpc) is 2.30. The standard InChI is InChI=1S/C6H12N2S2/c1-6-7(9-2)4-5-8(6)10-3/h4-6H,1-3H3.